The third-order valence-electron chi connectivity index (χ3n) is 7.33. The molecule has 0 saturated heterocycles. The van der Waals surface area contributed by atoms with Gasteiger partial charge in [0.05, 0.1) is 5.69 Å². The van der Waals surface area contributed by atoms with Crippen LogP contribution >= 0.6 is 0 Å². The van der Waals surface area contributed by atoms with Crippen LogP contribution in [0, 0.1) is 0 Å². The van der Waals surface area contributed by atoms with E-state index in [4.69, 9.17) is 14.4 Å². The lowest BCUT2D eigenvalue weighted by atomic mass is 9.92. The summed E-state index contributed by atoms with van der Waals surface area (Å²) in [5.41, 5.74) is 8.01. The molecule has 2 heterocycles. The lowest BCUT2D eigenvalue weighted by Gasteiger charge is -2.14. The predicted molar refractivity (Wildman–Crippen MR) is 157 cm³/mol. The zero-order valence-corrected chi connectivity index (χ0v) is 21.3. The van der Waals surface area contributed by atoms with Crippen molar-refractivity contribution in [2.45, 2.75) is 19.8 Å². The molecule has 7 rings (SSSR count). The predicted octanol–water partition coefficient (Wildman–Crippen LogP) is 9.65. The molecular formula is C35H26N2O. The highest BCUT2D eigenvalue weighted by atomic mass is 16.3. The van der Waals surface area contributed by atoms with Crippen molar-refractivity contribution in [3.63, 3.8) is 0 Å². The average molecular weight is 491 g/mol. The van der Waals surface area contributed by atoms with Crippen LogP contribution in [-0.2, 0) is 0 Å². The summed E-state index contributed by atoms with van der Waals surface area (Å²) in [6.45, 7) is 4.50. The third kappa shape index (κ3) is 3.67. The molecule has 2 aromatic heterocycles. The molecule has 0 radical (unpaired) electrons. The maximum atomic E-state index is 6.36. The number of oxazole rings is 1. The molecule has 0 saturated carbocycles. The van der Waals surface area contributed by atoms with Gasteiger partial charge in [-0.05, 0) is 63.5 Å². The molecule has 0 spiro atoms. The number of aromatic nitrogens is 2. The van der Waals surface area contributed by atoms with Crippen LogP contribution in [0.15, 0.2) is 120 Å². The average Bonchev–Trinajstić information content (AvgIpc) is 3.41. The molecule has 3 heteroatoms. The fourth-order valence-corrected chi connectivity index (χ4v) is 5.49. The van der Waals surface area contributed by atoms with Crippen LogP contribution in [0.3, 0.4) is 0 Å². The number of benzene rings is 5. The molecule has 0 aliphatic heterocycles. The monoisotopic (exact) mass is 490 g/mol. The maximum Gasteiger partial charge on any atom is 0.227 e. The van der Waals surface area contributed by atoms with Crippen molar-refractivity contribution in [2.24, 2.45) is 0 Å². The Bertz CT molecular complexity index is 1940. The Morgan fingerprint density at radius 2 is 1.32 bits per heavy atom. The fourth-order valence-electron chi connectivity index (χ4n) is 5.49. The summed E-state index contributed by atoms with van der Waals surface area (Å²) < 4.78 is 6.36. The molecule has 0 amide bonds. The Kier molecular flexibility index (Phi) is 5.29. The largest absolute Gasteiger partial charge is 0.436 e. The Labute approximate surface area is 221 Å². The Morgan fingerprint density at radius 3 is 2.08 bits per heavy atom. The minimum Gasteiger partial charge on any atom is -0.436 e. The van der Waals surface area contributed by atoms with Gasteiger partial charge < -0.3 is 4.42 Å². The normalized spacial score (nSPS) is 11.7. The quantitative estimate of drug-likeness (QED) is 0.231. The number of hydrogen-bond donors (Lipinski definition) is 0. The SMILES string of the molecule is CC(C)c1cccc2c1ccc1c(-c3cc(-c4ccccc4)c4nc(-c5ccccc5)oc4c3)nccc12. The first-order valence-corrected chi connectivity index (χ1v) is 13.0. The van der Waals surface area contributed by atoms with E-state index in [-0.39, 0.29) is 0 Å². The first-order valence-electron chi connectivity index (χ1n) is 13.0. The van der Waals surface area contributed by atoms with E-state index in [9.17, 15) is 0 Å². The van der Waals surface area contributed by atoms with Crippen molar-refractivity contribution in [1.82, 2.24) is 9.97 Å². The van der Waals surface area contributed by atoms with E-state index >= 15 is 0 Å². The van der Waals surface area contributed by atoms with Gasteiger partial charge >= 0.3 is 0 Å². The standard InChI is InChI=1S/C35H26N2O/c1-22(2)26-14-9-15-27-28(26)16-17-30-29(27)18-19-36-33(30)25-20-31(23-10-5-3-6-11-23)34-32(21-25)38-35(37-34)24-12-7-4-8-13-24/h3-22H,1-2H3. The molecule has 0 aliphatic carbocycles. The summed E-state index contributed by atoms with van der Waals surface area (Å²) in [6, 6.07) is 37.9. The highest BCUT2D eigenvalue weighted by molar-refractivity contribution is 6.12. The molecule has 0 unspecified atom stereocenters. The fraction of sp³-hybridized carbons (Fsp3) is 0.0857. The Balaban J connectivity index is 1.50. The van der Waals surface area contributed by atoms with E-state index in [0.29, 0.717) is 11.8 Å². The summed E-state index contributed by atoms with van der Waals surface area (Å²) in [7, 11) is 0. The van der Waals surface area contributed by atoms with E-state index < -0.39 is 0 Å². The molecule has 3 nitrogen and oxygen atoms in total. The Hall–Kier alpha value is -4.76. The van der Waals surface area contributed by atoms with Crippen LogP contribution in [-0.4, -0.2) is 9.97 Å². The van der Waals surface area contributed by atoms with Gasteiger partial charge in [0.1, 0.15) is 5.52 Å². The number of rotatable bonds is 4. The Morgan fingerprint density at radius 1 is 0.605 bits per heavy atom. The van der Waals surface area contributed by atoms with E-state index in [0.717, 1.165) is 44.4 Å². The minimum atomic E-state index is 0.457. The van der Waals surface area contributed by atoms with Gasteiger partial charge in [0.25, 0.3) is 0 Å². The summed E-state index contributed by atoms with van der Waals surface area (Å²) >= 11 is 0. The zero-order valence-electron chi connectivity index (χ0n) is 21.3. The third-order valence-corrected chi connectivity index (χ3v) is 7.33. The smallest absolute Gasteiger partial charge is 0.227 e. The van der Waals surface area contributed by atoms with Gasteiger partial charge in [-0.2, -0.15) is 0 Å². The molecule has 7 aromatic rings. The van der Waals surface area contributed by atoms with Gasteiger partial charge in [-0.3, -0.25) is 4.98 Å². The first-order chi connectivity index (χ1) is 18.7. The van der Waals surface area contributed by atoms with Gasteiger partial charge in [-0.15, -0.1) is 0 Å². The topological polar surface area (TPSA) is 38.9 Å². The van der Waals surface area contributed by atoms with Crippen molar-refractivity contribution in [2.75, 3.05) is 0 Å². The van der Waals surface area contributed by atoms with Crippen LogP contribution in [0.2, 0.25) is 0 Å². The summed E-state index contributed by atoms with van der Waals surface area (Å²) in [6.07, 6.45) is 1.92. The van der Waals surface area contributed by atoms with Crippen molar-refractivity contribution < 1.29 is 4.42 Å². The lowest BCUT2D eigenvalue weighted by Crippen LogP contribution is -1.92. The molecule has 0 atom stereocenters. The molecule has 0 fully saturated rings. The zero-order chi connectivity index (χ0) is 25.6. The van der Waals surface area contributed by atoms with Crippen molar-refractivity contribution in [3.05, 3.63) is 121 Å². The van der Waals surface area contributed by atoms with Crippen molar-refractivity contribution in [1.29, 1.82) is 0 Å². The molecular weight excluding hydrogens is 464 g/mol. The van der Waals surface area contributed by atoms with Crippen molar-refractivity contribution >= 4 is 32.6 Å². The van der Waals surface area contributed by atoms with Crippen LogP contribution in [0.1, 0.15) is 25.3 Å². The molecule has 5 aromatic carbocycles. The molecule has 0 bridgehead atoms. The van der Waals surface area contributed by atoms with E-state index in [1.807, 2.05) is 42.6 Å². The number of nitrogens with zero attached hydrogens (tertiary/aromatic N) is 2. The molecule has 182 valence electrons. The van der Waals surface area contributed by atoms with Crippen LogP contribution in [0.5, 0.6) is 0 Å². The van der Waals surface area contributed by atoms with Gasteiger partial charge in [0.15, 0.2) is 5.58 Å². The number of pyridine rings is 1. The van der Waals surface area contributed by atoms with E-state index in [2.05, 4.69) is 86.6 Å². The van der Waals surface area contributed by atoms with Crippen LogP contribution < -0.4 is 0 Å². The molecule has 38 heavy (non-hydrogen) atoms. The first kappa shape index (κ1) is 22.4. The molecule has 0 aliphatic rings. The van der Waals surface area contributed by atoms with Gasteiger partial charge in [0.2, 0.25) is 5.89 Å². The van der Waals surface area contributed by atoms with Crippen LogP contribution in [0.25, 0.3) is 66.5 Å². The molecule has 0 N–H and O–H groups in total. The summed E-state index contributed by atoms with van der Waals surface area (Å²) in [5, 5.41) is 4.89. The van der Waals surface area contributed by atoms with Gasteiger partial charge in [-0.1, -0.05) is 92.7 Å². The van der Waals surface area contributed by atoms with E-state index in [1.54, 1.807) is 0 Å². The number of hydrogen-bond acceptors (Lipinski definition) is 3. The number of fused-ring (bicyclic) bond motifs is 4. The lowest BCUT2D eigenvalue weighted by molar-refractivity contribution is 0.620. The van der Waals surface area contributed by atoms with E-state index in [1.165, 1.54) is 21.7 Å². The summed E-state index contributed by atoms with van der Waals surface area (Å²) in [4.78, 5) is 9.82. The van der Waals surface area contributed by atoms with Crippen molar-refractivity contribution in [3.8, 4) is 33.8 Å². The second kappa shape index (κ2) is 8.97. The highest BCUT2D eigenvalue weighted by Crippen LogP contribution is 2.39. The minimum absolute atomic E-state index is 0.457. The van der Waals surface area contributed by atoms with Gasteiger partial charge in [0, 0.05) is 28.3 Å². The second-order valence-corrected chi connectivity index (χ2v) is 10.0. The second-order valence-electron chi connectivity index (χ2n) is 10.0. The maximum absolute atomic E-state index is 6.36. The van der Waals surface area contributed by atoms with Crippen LogP contribution in [0.4, 0.5) is 0 Å². The summed E-state index contributed by atoms with van der Waals surface area (Å²) in [5.74, 6) is 1.08. The van der Waals surface area contributed by atoms with Gasteiger partial charge in [-0.25, -0.2) is 4.98 Å². The highest BCUT2D eigenvalue weighted by Gasteiger charge is 2.18.